The molecule has 0 saturated heterocycles. The van der Waals surface area contributed by atoms with Gasteiger partial charge in [0.1, 0.15) is 0 Å². The molecule has 1 aliphatic rings. The molecule has 0 spiro atoms. The number of aryl methyl sites for hydroxylation is 1. The lowest BCUT2D eigenvalue weighted by Crippen LogP contribution is -2.24. The fraction of sp³-hybridized carbons (Fsp3) is 0.300. The summed E-state index contributed by atoms with van der Waals surface area (Å²) >= 11 is 0. The second-order valence-electron chi connectivity index (χ2n) is 6.68. The third-order valence-electron chi connectivity index (χ3n) is 4.61. The van der Waals surface area contributed by atoms with Gasteiger partial charge in [0, 0.05) is 25.2 Å². The van der Waals surface area contributed by atoms with E-state index >= 15 is 0 Å². The fourth-order valence-electron chi connectivity index (χ4n) is 3.07. The Hall–Kier alpha value is -2.51. The van der Waals surface area contributed by atoms with Gasteiger partial charge in [0.15, 0.2) is 0 Å². The van der Waals surface area contributed by atoms with Crippen LogP contribution in [0.1, 0.15) is 40.7 Å². The molecule has 6 nitrogen and oxygen atoms in total. The van der Waals surface area contributed by atoms with E-state index in [1.54, 1.807) is 12.1 Å². The highest BCUT2D eigenvalue weighted by atomic mass is 32.2. The third kappa shape index (κ3) is 4.26. The maximum Gasteiger partial charge on any atom is 0.271 e. The highest BCUT2D eigenvalue weighted by molar-refractivity contribution is 7.89. The molecule has 0 bridgehead atoms. The monoisotopic (exact) mass is 385 g/mol. The van der Waals surface area contributed by atoms with Crippen molar-refractivity contribution in [3.05, 3.63) is 65.2 Å². The van der Waals surface area contributed by atoms with Crippen LogP contribution in [-0.2, 0) is 16.4 Å². The van der Waals surface area contributed by atoms with Crippen molar-refractivity contribution in [2.75, 3.05) is 14.1 Å². The smallest absolute Gasteiger partial charge is 0.267 e. The number of amides is 1. The van der Waals surface area contributed by atoms with E-state index in [1.807, 2.05) is 18.2 Å². The molecule has 0 radical (unpaired) electrons. The quantitative estimate of drug-likeness (QED) is 0.649. The SMILES string of the molecule is CN(C)S(=O)(=O)c1cccc(C(=O)N/N=C2/CCCCc3ccccc32)c1. The number of nitrogens with one attached hydrogen (secondary N) is 1. The Balaban J connectivity index is 1.84. The van der Waals surface area contributed by atoms with Crippen molar-refractivity contribution in [1.29, 1.82) is 0 Å². The molecular weight excluding hydrogens is 362 g/mol. The van der Waals surface area contributed by atoms with Crippen LogP contribution >= 0.6 is 0 Å². The lowest BCUT2D eigenvalue weighted by molar-refractivity contribution is 0.0954. The Morgan fingerprint density at radius 2 is 1.78 bits per heavy atom. The number of rotatable bonds is 4. The number of benzene rings is 2. The van der Waals surface area contributed by atoms with Crippen LogP contribution in [0.2, 0.25) is 0 Å². The van der Waals surface area contributed by atoms with Crippen molar-refractivity contribution >= 4 is 21.6 Å². The number of hydrogen-bond acceptors (Lipinski definition) is 4. The Morgan fingerprint density at radius 1 is 1.04 bits per heavy atom. The largest absolute Gasteiger partial charge is 0.271 e. The number of carbonyl (C=O) groups excluding carboxylic acids is 1. The Bertz CT molecular complexity index is 981. The summed E-state index contributed by atoms with van der Waals surface area (Å²) in [5.41, 5.74) is 6.00. The second-order valence-corrected chi connectivity index (χ2v) is 8.83. The molecule has 3 rings (SSSR count). The van der Waals surface area contributed by atoms with Crippen LogP contribution in [0.15, 0.2) is 58.5 Å². The zero-order valence-corrected chi connectivity index (χ0v) is 16.3. The summed E-state index contributed by atoms with van der Waals surface area (Å²) in [6.45, 7) is 0. The molecular formula is C20H23N3O3S. The Kier molecular flexibility index (Phi) is 5.72. The van der Waals surface area contributed by atoms with Crippen LogP contribution in [0, 0.1) is 0 Å². The van der Waals surface area contributed by atoms with Gasteiger partial charge in [-0.1, -0.05) is 30.3 Å². The van der Waals surface area contributed by atoms with Gasteiger partial charge >= 0.3 is 0 Å². The molecule has 2 aromatic rings. The van der Waals surface area contributed by atoms with Gasteiger partial charge in [0.05, 0.1) is 10.6 Å². The average Bonchev–Trinajstić information content (AvgIpc) is 2.88. The zero-order chi connectivity index (χ0) is 19.4. The molecule has 7 heteroatoms. The molecule has 0 saturated carbocycles. The van der Waals surface area contributed by atoms with E-state index in [1.165, 1.54) is 31.8 Å². The summed E-state index contributed by atoms with van der Waals surface area (Å²) in [7, 11) is -0.684. The van der Waals surface area contributed by atoms with Gasteiger partial charge in [-0.2, -0.15) is 5.10 Å². The average molecular weight is 385 g/mol. The molecule has 0 aliphatic heterocycles. The number of nitrogens with zero attached hydrogens (tertiary/aromatic N) is 2. The van der Waals surface area contributed by atoms with Gasteiger partial charge in [0.25, 0.3) is 5.91 Å². The fourth-order valence-corrected chi connectivity index (χ4v) is 4.02. The molecule has 27 heavy (non-hydrogen) atoms. The number of carbonyl (C=O) groups is 1. The van der Waals surface area contributed by atoms with E-state index in [9.17, 15) is 13.2 Å². The van der Waals surface area contributed by atoms with Gasteiger partial charge in [-0.3, -0.25) is 4.79 Å². The molecule has 1 N–H and O–H groups in total. The summed E-state index contributed by atoms with van der Waals surface area (Å²) < 4.78 is 25.6. The van der Waals surface area contributed by atoms with E-state index in [2.05, 4.69) is 16.6 Å². The molecule has 142 valence electrons. The first-order valence-electron chi connectivity index (χ1n) is 8.87. The van der Waals surface area contributed by atoms with Crippen molar-refractivity contribution < 1.29 is 13.2 Å². The lowest BCUT2D eigenvalue weighted by Gasteiger charge is -2.12. The molecule has 1 aliphatic carbocycles. The summed E-state index contributed by atoms with van der Waals surface area (Å²) in [4.78, 5) is 12.6. The molecule has 1 amide bonds. The van der Waals surface area contributed by atoms with E-state index in [0.29, 0.717) is 0 Å². The van der Waals surface area contributed by atoms with Crippen LogP contribution in [0.5, 0.6) is 0 Å². The van der Waals surface area contributed by atoms with Crippen molar-refractivity contribution in [3.8, 4) is 0 Å². The highest BCUT2D eigenvalue weighted by Crippen LogP contribution is 2.21. The van der Waals surface area contributed by atoms with E-state index in [4.69, 9.17) is 0 Å². The van der Waals surface area contributed by atoms with Crippen LogP contribution in [0.25, 0.3) is 0 Å². The molecule has 2 aromatic carbocycles. The molecule has 0 aromatic heterocycles. The van der Waals surface area contributed by atoms with Crippen LogP contribution in [-0.4, -0.2) is 38.4 Å². The summed E-state index contributed by atoms with van der Waals surface area (Å²) in [5, 5.41) is 4.35. The zero-order valence-electron chi connectivity index (χ0n) is 15.5. The van der Waals surface area contributed by atoms with Crippen LogP contribution in [0.4, 0.5) is 0 Å². The number of hydrogen-bond donors (Lipinski definition) is 1. The minimum absolute atomic E-state index is 0.0765. The van der Waals surface area contributed by atoms with E-state index in [0.717, 1.165) is 41.3 Å². The molecule has 0 fully saturated rings. The molecule has 0 unspecified atom stereocenters. The summed E-state index contributed by atoms with van der Waals surface area (Å²) in [6.07, 6.45) is 3.91. The second kappa shape index (κ2) is 8.02. The number of hydrazone groups is 1. The van der Waals surface area contributed by atoms with E-state index < -0.39 is 15.9 Å². The summed E-state index contributed by atoms with van der Waals surface area (Å²) in [6, 6.07) is 14.1. The van der Waals surface area contributed by atoms with Crippen molar-refractivity contribution in [1.82, 2.24) is 9.73 Å². The number of sulfonamides is 1. The topological polar surface area (TPSA) is 78.8 Å². The Labute approximate surface area is 159 Å². The predicted octanol–water partition coefficient (Wildman–Crippen LogP) is 2.80. The van der Waals surface area contributed by atoms with Crippen molar-refractivity contribution in [2.24, 2.45) is 5.10 Å². The number of fused-ring (bicyclic) bond motifs is 1. The Morgan fingerprint density at radius 3 is 2.56 bits per heavy atom. The van der Waals surface area contributed by atoms with Crippen molar-refractivity contribution in [3.63, 3.8) is 0 Å². The minimum Gasteiger partial charge on any atom is -0.267 e. The third-order valence-corrected chi connectivity index (χ3v) is 6.42. The summed E-state index contributed by atoms with van der Waals surface area (Å²) in [5.74, 6) is -0.431. The molecule has 0 atom stereocenters. The first kappa shape index (κ1) is 19.3. The predicted molar refractivity (Wildman–Crippen MR) is 105 cm³/mol. The van der Waals surface area contributed by atoms with Gasteiger partial charge in [-0.15, -0.1) is 0 Å². The maximum atomic E-state index is 12.5. The standard InChI is InChI=1S/C20H23N3O3S/c1-23(2)27(25,26)17-11-7-10-16(14-17)20(24)22-21-19-13-6-4-9-15-8-3-5-12-18(15)19/h3,5,7-8,10-12,14H,4,6,9,13H2,1-2H3,(H,22,24)/b21-19-. The molecule has 0 heterocycles. The normalized spacial score (nSPS) is 16.0. The van der Waals surface area contributed by atoms with Gasteiger partial charge in [-0.25, -0.2) is 18.1 Å². The van der Waals surface area contributed by atoms with Crippen molar-refractivity contribution in [2.45, 2.75) is 30.6 Å². The first-order chi connectivity index (χ1) is 12.9. The van der Waals surface area contributed by atoms with E-state index in [-0.39, 0.29) is 10.5 Å². The first-order valence-corrected chi connectivity index (χ1v) is 10.3. The highest BCUT2D eigenvalue weighted by Gasteiger charge is 2.19. The van der Waals surface area contributed by atoms with Gasteiger partial charge in [0.2, 0.25) is 10.0 Å². The lowest BCUT2D eigenvalue weighted by atomic mass is 10.0. The van der Waals surface area contributed by atoms with Crippen LogP contribution in [0.3, 0.4) is 0 Å². The minimum atomic E-state index is -3.60. The van der Waals surface area contributed by atoms with Crippen LogP contribution < -0.4 is 5.43 Å². The van der Waals surface area contributed by atoms with Gasteiger partial charge < -0.3 is 0 Å². The maximum absolute atomic E-state index is 12.5. The van der Waals surface area contributed by atoms with Gasteiger partial charge in [-0.05, 0) is 49.4 Å².